The molecular formula is C10H13NO6S. The molecule has 0 N–H and O–H groups in total. The van der Waals surface area contributed by atoms with Gasteiger partial charge in [0.15, 0.2) is 11.5 Å². The van der Waals surface area contributed by atoms with Crippen LogP contribution in [-0.4, -0.2) is 20.5 Å². The van der Waals surface area contributed by atoms with E-state index in [-0.39, 0.29) is 28.7 Å². The van der Waals surface area contributed by atoms with Crippen LogP contribution >= 0.6 is 0 Å². The zero-order valence-corrected chi connectivity index (χ0v) is 11.0. The standard InChI is InChI=1S/C10H13NO6S/c1-6(2)9-7(17-18(14)15)4-5-8(16-3)10(9)11(12)13/h4-6,18H,1-3H3. The lowest BCUT2D eigenvalue weighted by atomic mass is 9.99. The molecule has 0 atom stereocenters. The van der Waals surface area contributed by atoms with Crippen LogP contribution in [0.5, 0.6) is 11.5 Å². The number of benzene rings is 1. The van der Waals surface area contributed by atoms with E-state index < -0.39 is 15.9 Å². The Kier molecular flexibility index (Phi) is 4.49. The highest BCUT2D eigenvalue weighted by molar-refractivity contribution is 7.67. The van der Waals surface area contributed by atoms with E-state index in [0.29, 0.717) is 0 Å². The molecule has 100 valence electrons. The Hall–Kier alpha value is -1.83. The van der Waals surface area contributed by atoms with Gasteiger partial charge in [0.25, 0.3) is 11.0 Å². The van der Waals surface area contributed by atoms with Gasteiger partial charge in [-0.1, -0.05) is 13.8 Å². The van der Waals surface area contributed by atoms with Gasteiger partial charge in [0.2, 0.25) is 0 Å². The smallest absolute Gasteiger partial charge is 0.318 e. The molecule has 0 aliphatic carbocycles. The number of nitro benzene ring substituents is 1. The Labute approximate surface area is 106 Å². The molecule has 1 rings (SSSR count). The minimum atomic E-state index is -3.13. The van der Waals surface area contributed by atoms with Gasteiger partial charge in [0.1, 0.15) is 0 Å². The normalized spacial score (nSPS) is 10.7. The molecule has 0 aromatic heterocycles. The summed E-state index contributed by atoms with van der Waals surface area (Å²) >= 11 is 0. The van der Waals surface area contributed by atoms with Crippen LogP contribution in [0.25, 0.3) is 0 Å². The van der Waals surface area contributed by atoms with Crippen molar-refractivity contribution in [3.05, 3.63) is 27.8 Å². The third-order valence-corrected chi connectivity index (χ3v) is 2.64. The molecular weight excluding hydrogens is 262 g/mol. The fourth-order valence-electron chi connectivity index (χ4n) is 1.64. The van der Waals surface area contributed by atoms with Crippen molar-refractivity contribution in [1.82, 2.24) is 0 Å². The highest BCUT2D eigenvalue weighted by atomic mass is 32.2. The molecule has 0 amide bonds. The minimum Gasteiger partial charge on any atom is -0.490 e. The van der Waals surface area contributed by atoms with Crippen molar-refractivity contribution in [3.8, 4) is 11.5 Å². The van der Waals surface area contributed by atoms with Crippen LogP contribution in [0, 0.1) is 10.1 Å². The summed E-state index contributed by atoms with van der Waals surface area (Å²) in [6, 6.07) is 2.64. The molecule has 0 aliphatic heterocycles. The molecule has 0 unspecified atom stereocenters. The zero-order chi connectivity index (χ0) is 13.9. The molecule has 0 saturated carbocycles. The Morgan fingerprint density at radius 2 is 1.83 bits per heavy atom. The van der Waals surface area contributed by atoms with Crippen LogP contribution in [0.3, 0.4) is 0 Å². The van der Waals surface area contributed by atoms with Gasteiger partial charge in [0.05, 0.1) is 17.6 Å². The second kappa shape index (κ2) is 5.67. The second-order valence-electron chi connectivity index (χ2n) is 3.75. The van der Waals surface area contributed by atoms with E-state index in [1.165, 1.54) is 19.2 Å². The van der Waals surface area contributed by atoms with E-state index in [0.717, 1.165) is 0 Å². The first-order valence-electron chi connectivity index (χ1n) is 5.06. The van der Waals surface area contributed by atoms with E-state index >= 15 is 0 Å². The van der Waals surface area contributed by atoms with E-state index in [9.17, 15) is 18.5 Å². The van der Waals surface area contributed by atoms with Crippen LogP contribution in [0.15, 0.2) is 12.1 Å². The maximum Gasteiger partial charge on any atom is 0.318 e. The van der Waals surface area contributed by atoms with Gasteiger partial charge in [-0.3, -0.25) is 10.1 Å². The average molecular weight is 275 g/mol. The molecule has 0 heterocycles. The predicted molar refractivity (Wildman–Crippen MR) is 64.7 cm³/mol. The third kappa shape index (κ3) is 2.89. The van der Waals surface area contributed by atoms with Crippen molar-refractivity contribution in [3.63, 3.8) is 0 Å². The van der Waals surface area contributed by atoms with E-state index in [4.69, 9.17) is 4.74 Å². The molecule has 0 fully saturated rings. The zero-order valence-electron chi connectivity index (χ0n) is 10.1. The molecule has 8 heteroatoms. The molecule has 0 bridgehead atoms. The van der Waals surface area contributed by atoms with Gasteiger partial charge in [-0.2, -0.15) is 8.42 Å². The molecule has 0 saturated heterocycles. The van der Waals surface area contributed by atoms with Crippen LogP contribution < -0.4 is 8.92 Å². The summed E-state index contributed by atoms with van der Waals surface area (Å²) in [4.78, 5) is 10.5. The summed E-state index contributed by atoms with van der Waals surface area (Å²) in [6.45, 7) is 3.40. The van der Waals surface area contributed by atoms with Crippen molar-refractivity contribution in [2.45, 2.75) is 19.8 Å². The van der Waals surface area contributed by atoms with Gasteiger partial charge in [-0.05, 0) is 18.1 Å². The molecule has 1 aromatic rings. The van der Waals surface area contributed by atoms with Crippen molar-refractivity contribution in [2.24, 2.45) is 0 Å². The predicted octanol–water partition coefficient (Wildman–Crippen LogP) is 1.63. The van der Waals surface area contributed by atoms with Gasteiger partial charge in [-0.15, -0.1) is 0 Å². The van der Waals surface area contributed by atoms with Gasteiger partial charge in [-0.25, -0.2) is 0 Å². The summed E-state index contributed by atoms with van der Waals surface area (Å²) in [5, 5.41) is 11.1. The van der Waals surface area contributed by atoms with Crippen LogP contribution in [0.2, 0.25) is 0 Å². The number of nitrogens with zero attached hydrogens (tertiary/aromatic N) is 1. The summed E-state index contributed by atoms with van der Waals surface area (Å²) in [5.41, 5.74) is -0.0830. The number of methoxy groups -OCH3 is 1. The second-order valence-corrected chi connectivity index (χ2v) is 4.38. The van der Waals surface area contributed by atoms with Crippen molar-refractivity contribution in [2.75, 3.05) is 7.11 Å². The Morgan fingerprint density at radius 1 is 1.28 bits per heavy atom. The van der Waals surface area contributed by atoms with Crippen LogP contribution in [0.4, 0.5) is 5.69 Å². The number of hydrogen-bond donors (Lipinski definition) is 1. The number of rotatable bonds is 5. The molecule has 18 heavy (non-hydrogen) atoms. The summed E-state index contributed by atoms with van der Waals surface area (Å²) in [6.07, 6.45) is 0. The largest absolute Gasteiger partial charge is 0.490 e. The van der Waals surface area contributed by atoms with Crippen molar-refractivity contribution >= 4 is 16.7 Å². The lowest BCUT2D eigenvalue weighted by Crippen LogP contribution is -2.04. The number of ether oxygens (including phenoxy) is 1. The Balaban J connectivity index is 3.56. The summed E-state index contributed by atoms with van der Waals surface area (Å²) in [7, 11) is -1.82. The highest BCUT2D eigenvalue weighted by Gasteiger charge is 2.27. The minimum absolute atomic E-state index is 0.0476. The van der Waals surface area contributed by atoms with Crippen molar-refractivity contribution < 1.29 is 22.3 Å². The first-order chi connectivity index (χ1) is 8.38. The number of nitro groups is 1. The maximum atomic E-state index is 11.1. The quantitative estimate of drug-likeness (QED) is 0.498. The molecule has 0 spiro atoms. The first kappa shape index (κ1) is 14.2. The van der Waals surface area contributed by atoms with Gasteiger partial charge >= 0.3 is 5.69 Å². The van der Waals surface area contributed by atoms with Crippen molar-refractivity contribution in [1.29, 1.82) is 0 Å². The first-order valence-corrected chi connectivity index (χ1v) is 6.15. The number of thiol groups is 1. The fourth-order valence-corrected chi connectivity index (χ4v) is 1.96. The molecule has 0 aliphatic rings. The maximum absolute atomic E-state index is 11.1. The summed E-state index contributed by atoms with van der Waals surface area (Å²) < 4.78 is 30.7. The van der Waals surface area contributed by atoms with E-state index in [1.54, 1.807) is 13.8 Å². The Bertz CT molecular complexity index is 529. The lowest BCUT2D eigenvalue weighted by Gasteiger charge is -2.13. The lowest BCUT2D eigenvalue weighted by molar-refractivity contribution is -0.386. The SMILES string of the molecule is COc1ccc(O[SH](=O)=O)c(C(C)C)c1[N+](=O)[O-]. The summed E-state index contributed by atoms with van der Waals surface area (Å²) in [5.74, 6) is -0.267. The fraction of sp³-hybridized carbons (Fsp3) is 0.400. The highest BCUT2D eigenvalue weighted by Crippen LogP contribution is 2.41. The topological polar surface area (TPSA) is 95.7 Å². The molecule has 0 radical (unpaired) electrons. The average Bonchev–Trinajstić information content (AvgIpc) is 2.26. The molecule has 1 aromatic carbocycles. The van der Waals surface area contributed by atoms with Crippen LogP contribution in [0.1, 0.15) is 25.3 Å². The van der Waals surface area contributed by atoms with E-state index in [1.807, 2.05) is 0 Å². The number of hydrogen-bond acceptors (Lipinski definition) is 6. The Morgan fingerprint density at radius 3 is 2.22 bits per heavy atom. The van der Waals surface area contributed by atoms with Gasteiger partial charge < -0.3 is 8.92 Å². The van der Waals surface area contributed by atoms with E-state index in [2.05, 4.69) is 4.18 Å². The van der Waals surface area contributed by atoms with Gasteiger partial charge in [0, 0.05) is 0 Å². The third-order valence-electron chi connectivity index (χ3n) is 2.29. The monoisotopic (exact) mass is 275 g/mol. The van der Waals surface area contributed by atoms with Crippen LogP contribution in [-0.2, 0) is 11.0 Å². The molecule has 7 nitrogen and oxygen atoms in total.